The van der Waals surface area contributed by atoms with E-state index in [1.807, 2.05) is 0 Å². The maximum Gasteiger partial charge on any atom is 0.472 e. The minimum Gasteiger partial charge on any atom is -0.480 e. The normalized spacial score (nSPS) is 13.9. The van der Waals surface area contributed by atoms with E-state index in [9.17, 15) is 19.0 Å². The lowest BCUT2D eigenvalue weighted by Gasteiger charge is -2.20. The molecule has 4 N–H and O–H groups in total. The Bertz CT molecular complexity index is 1090. The van der Waals surface area contributed by atoms with E-state index in [-0.39, 0.29) is 13.0 Å². The second-order valence-electron chi connectivity index (χ2n) is 17.6. The van der Waals surface area contributed by atoms with E-state index >= 15 is 0 Å². The van der Waals surface area contributed by atoms with Crippen molar-refractivity contribution in [3.63, 3.8) is 0 Å². The monoisotopic (exact) mass is 900 g/mol. The van der Waals surface area contributed by atoms with Crippen molar-refractivity contribution >= 4 is 19.8 Å². The number of ether oxygens (including phenoxy) is 2. The van der Waals surface area contributed by atoms with Crippen molar-refractivity contribution < 1.29 is 42.7 Å². The zero-order valence-corrected chi connectivity index (χ0v) is 41.1. The molecular weight excluding hydrogens is 802 g/mol. The number of carboxylic acid groups (broad SMARTS) is 1. The van der Waals surface area contributed by atoms with Crippen LogP contribution in [0, 0.1) is 0 Å². The van der Waals surface area contributed by atoms with Crippen molar-refractivity contribution in [3.05, 3.63) is 24.3 Å². The highest BCUT2D eigenvalue weighted by molar-refractivity contribution is 7.47. The maximum absolute atomic E-state index is 12.7. The molecule has 0 radical (unpaired) electrons. The van der Waals surface area contributed by atoms with Crippen LogP contribution < -0.4 is 5.73 Å². The van der Waals surface area contributed by atoms with Gasteiger partial charge in [-0.3, -0.25) is 18.6 Å². The van der Waals surface area contributed by atoms with Gasteiger partial charge in [0.05, 0.1) is 19.8 Å². The van der Waals surface area contributed by atoms with Crippen LogP contribution in [0.3, 0.4) is 0 Å². The van der Waals surface area contributed by atoms with E-state index in [1.54, 1.807) is 0 Å². The van der Waals surface area contributed by atoms with Crippen LogP contribution in [-0.2, 0) is 32.7 Å². The molecule has 0 heterocycles. The fourth-order valence-electron chi connectivity index (χ4n) is 7.42. The van der Waals surface area contributed by atoms with E-state index in [2.05, 4.69) is 38.2 Å². The maximum atomic E-state index is 12.7. The lowest BCUT2D eigenvalue weighted by Crippen LogP contribution is -2.34. The molecule has 0 spiro atoms. The topological polar surface area (TPSA) is 155 Å². The molecule has 0 rings (SSSR count). The van der Waals surface area contributed by atoms with Crippen LogP contribution in [0.1, 0.15) is 251 Å². The molecule has 366 valence electrons. The van der Waals surface area contributed by atoms with Gasteiger partial charge in [-0.15, -0.1) is 0 Å². The van der Waals surface area contributed by atoms with Gasteiger partial charge in [0, 0.05) is 13.0 Å². The number of carbonyl (C=O) groups excluding carboxylic acids is 1. The first-order valence-electron chi connectivity index (χ1n) is 25.9. The molecule has 10 nitrogen and oxygen atoms in total. The zero-order valence-electron chi connectivity index (χ0n) is 40.2. The minimum atomic E-state index is -4.62. The SMILES string of the molecule is CCCCCCCCC/C=C\CCCCCCCC(=O)OC(COCCCCCCCCCCCCCC/C=C\CCCCCCCCCC)COP(=O)(O)OCC(N)C(=O)O. The lowest BCUT2D eigenvalue weighted by atomic mass is 10.0. The Balaban J connectivity index is 4.09. The summed E-state index contributed by atoms with van der Waals surface area (Å²) in [6.07, 6.45) is 53.8. The predicted molar refractivity (Wildman–Crippen MR) is 258 cm³/mol. The fourth-order valence-corrected chi connectivity index (χ4v) is 8.20. The van der Waals surface area contributed by atoms with Crippen molar-refractivity contribution in [1.82, 2.24) is 0 Å². The Morgan fingerprint density at radius 1 is 0.500 bits per heavy atom. The Labute approximate surface area is 381 Å². The first-order chi connectivity index (χ1) is 30.2. The number of hydrogen-bond acceptors (Lipinski definition) is 8. The molecule has 0 bridgehead atoms. The molecule has 0 aliphatic heterocycles. The Morgan fingerprint density at radius 2 is 0.839 bits per heavy atom. The van der Waals surface area contributed by atoms with Crippen molar-refractivity contribution in [2.24, 2.45) is 5.73 Å². The number of carboxylic acids is 1. The van der Waals surface area contributed by atoms with Gasteiger partial charge in [0.15, 0.2) is 0 Å². The Morgan fingerprint density at radius 3 is 1.23 bits per heavy atom. The van der Waals surface area contributed by atoms with Crippen LogP contribution in [0.15, 0.2) is 24.3 Å². The summed E-state index contributed by atoms with van der Waals surface area (Å²) < 4.78 is 33.5. The molecule has 3 unspecified atom stereocenters. The van der Waals surface area contributed by atoms with Gasteiger partial charge in [0.25, 0.3) is 0 Å². The summed E-state index contributed by atoms with van der Waals surface area (Å²) in [5, 5.41) is 8.92. The lowest BCUT2D eigenvalue weighted by molar-refractivity contribution is -0.154. The number of esters is 1. The van der Waals surface area contributed by atoms with E-state index in [1.165, 1.54) is 173 Å². The summed E-state index contributed by atoms with van der Waals surface area (Å²) in [6, 6.07) is -1.47. The molecule has 0 aromatic carbocycles. The third-order valence-electron chi connectivity index (χ3n) is 11.5. The van der Waals surface area contributed by atoms with Gasteiger partial charge in [-0.1, -0.05) is 205 Å². The average Bonchev–Trinajstić information content (AvgIpc) is 3.25. The van der Waals surface area contributed by atoms with Crippen LogP contribution in [0.4, 0.5) is 0 Å². The van der Waals surface area contributed by atoms with Crippen LogP contribution in [0.25, 0.3) is 0 Å². The Kier molecular flexibility index (Phi) is 46.2. The second kappa shape index (κ2) is 47.4. The van der Waals surface area contributed by atoms with E-state index in [4.69, 9.17) is 29.4 Å². The highest BCUT2D eigenvalue weighted by atomic mass is 31.2. The number of phosphoric ester groups is 1. The molecule has 0 saturated carbocycles. The zero-order chi connectivity index (χ0) is 45.5. The molecule has 0 saturated heterocycles. The highest BCUT2D eigenvalue weighted by Gasteiger charge is 2.27. The first-order valence-corrected chi connectivity index (χ1v) is 27.4. The summed E-state index contributed by atoms with van der Waals surface area (Å²) in [5.41, 5.74) is 5.37. The second-order valence-corrected chi connectivity index (χ2v) is 19.1. The van der Waals surface area contributed by atoms with Crippen molar-refractivity contribution in [3.8, 4) is 0 Å². The number of allylic oxidation sites excluding steroid dienone is 4. The smallest absolute Gasteiger partial charge is 0.472 e. The summed E-state index contributed by atoms with van der Waals surface area (Å²) >= 11 is 0. The van der Waals surface area contributed by atoms with E-state index in [0.717, 1.165) is 51.4 Å². The van der Waals surface area contributed by atoms with Crippen molar-refractivity contribution in [2.45, 2.75) is 264 Å². The van der Waals surface area contributed by atoms with Crippen LogP contribution >= 0.6 is 7.82 Å². The molecular formula is C51H98NO9P. The number of phosphoric acid groups is 1. The van der Waals surface area contributed by atoms with Gasteiger partial charge in [0.1, 0.15) is 12.1 Å². The summed E-state index contributed by atoms with van der Waals surface area (Å²) in [5.74, 6) is -1.78. The van der Waals surface area contributed by atoms with Crippen LogP contribution in [0.5, 0.6) is 0 Å². The van der Waals surface area contributed by atoms with Gasteiger partial charge in [-0.2, -0.15) is 0 Å². The predicted octanol–water partition coefficient (Wildman–Crippen LogP) is 15.0. The molecule has 3 atom stereocenters. The molecule has 0 aliphatic rings. The molecule has 0 aliphatic carbocycles. The number of nitrogens with two attached hydrogens (primary N) is 1. The van der Waals surface area contributed by atoms with Gasteiger partial charge in [0.2, 0.25) is 0 Å². The fraction of sp³-hybridized carbons (Fsp3) is 0.882. The molecule has 62 heavy (non-hydrogen) atoms. The van der Waals surface area contributed by atoms with Gasteiger partial charge in [-0.05, 0) is 64.2 Å². The quantitative estimate of drug-likeness (QED) is 0.0233. The number of carbonyl (C=O) groups is 2. The average molecular weight is 900 g/mol. The number of hydrogen-bond donors (Lipinski definition) is 3. The van der Waals surface area contributed by atoms with Crippen LogP contribution in [0.2, 0.25) is 0 Å². The number of aliphatic carboxylic acids is 1. The van der Waals surface area contributed by atoms with E-state index < -0.39 is 45.1 Å². The largest absolute Gasteiger partial charge is 0.480 e. The molecule has 11 heteroatoms. The summed E-state index contributed by atoms with van der Waals surface area (Å²) in [6.45, 7) is 3.91. The number of rotatable bonds is 50. The van der Waals surface area contributed by atoms with Gasteiger partial charge < -0.3 is 25.2 Å². The number of unbranched alkanes of at least 4 members (excludes halogenated alkanes) is 32. The third-order valence-corrected chi connectivity index (χ3v) is 12.4. The molecule has 0 fully saturated rings. The highest BCUT2D eigenvalue weighted by Crippen LogP contribution is 2.43. The van der Waals surface area contributed by atoms with Gasteiger partial charge >= 0.3 is 19.8 Å². The summed E-state index contributed by atoms with van der Waals surface area (Å²) in [7, 11) is -4.62. The molecule has 0 aromatic rings. The van der Waals surface area contributed by atoms with Crippen molar-refractivity contribution in [1.29, 1.82) is 0 Å². The summed E-state index contributed by atoms with van der Waals surface area (Å²) in [4.78, 5) is 33.7. The van der Waals surface area contributed by atoms with E-state index in [0.29, 0.717) is 13.0 Å². The molecule has 0 amide bonds. The molecule has 0 aromatic heterocycles. The van der Waals surface area contributed by atoms with Crippen LogP contribution in [-0.4, -0.2) is 60.5 Å². The minimum absolute atomic E-state index is 0.0168. The van der Waals surface area contributed by atoms with Gasteiger partial charge in [-0.25, -0.2) is 4.57 Å². The third kappa shape index (κ3) is 46.4. The standard InChI is InChI=1S/C51H98NO9P/c1-3-5-7-9-11-13-15-17-19-21-22-23-24-25-26-27-28-30-32-34-36-38-40-42-44-58-45-48(46-59-62(56,57)60-47-49(52)51(54)55)61-50(53)43-41-39-37-35-33-31-29-20-18-16-14-12-10-8-6-4-2/h20-22,29,48-49H,3-19,23-28,30-47,52H2,1-2H3,(H,54,55)(H,56,57)/b22-21-,29-20-. The first kappa shape index (κ1) is 60.5. The Hall–Kier alpha value is -1.55. The van der Waals surface area contributed by atoms with Crippen molar-refractivity contribution in [2.75, 3.05) is 26.4 Å².